The van der Waals surface area contributed by atoms with Crippen molar-refractivity contribution in [3.63, 3.8) is 0 Å². The summed E-state index contributed by atoms with van der Waals surface area (Å²) in [4.78, 5) is 34.8. The Balaban J connectivity index is 1.68. The van der Waals surface area contributed by atoms with Gasteiger partial charge in [-0.3, -0.25) is 9.36 Å². The first-order valence-corrected chi connectivity index (χ1v) is 10.4. The number of carbonyl (C=O) groups is 1. The second-order valence-electron chi connectivity index (χ2n) is 7.60. The molecule has 1 saturated heterocycles. The fraction of sp³-hybridized carbons (Fsp3) is 0.300. The van der Waals surface area contributed by atoms with Crippen molar-refractivity contribution < 1.29 is 14.3 Å². The number of hydrogen-bond acceptors (Lipinski definition) is 7. The summed E-state index contributed by atoms with van der Waals surface area (Å²) < 4.78 is 16.5. The van der Waals surface area contributed by atoms with Crippen LogP contribution >= 0.6 is 11.3 Å². The lowest BCUT2D eigenvalue weighted by molar-refractivity contribution is 0.0695. The maximum Gasteiger partial charge on any atom is 0.341 e. The minimum atomic E-state index is -1.39. The van der Waals surface area contributed by atoms with E-state index in [9.17, 15) is 14.7 Å². The summed E-state index contributed by atoms with van der Waals surface area (Å²) in [5.41, 5.74) is 5.15. The molecule has 0 amide bonds. The molecule has 0 bridgehead atoms. The SMILES string of the molecule is NC1C=CC[C@H]2CN(c3nc4c(cc3F)c(=O)c(C(=O)O)cn4-c3nccs3)C[C@@H]12. The number of carboxylic acid groups (broad SMARTS) is 1. The molecular weight excluding hydrogens is 409 g/mol. The van der Waals surface area contributed by atoms with Crippen molar-refractivity contribution in [1.82, 2.24) is 14.5 Å². The molecule has 2 aliphatic rings. The van der Waals surface area contributed by atoms with Crippen molar-refractivity contribution in [3.8, 4) is 5.13 Å². The van der Waals surface area contributed by atoms with Crippen LogP contribution in [-0.2, 0) is 0 Å². The molecule has 1 fully saturated rings. The van der Waals surface area contributed by atoms with Gasteiger partial charge in [-0.2, -0.15) is 0 Å². The summed E-state index contributed by atoms with van der Waals surface area (Å²) in [6.45, 7) is 1.19. The number of halogens is 1. The number of hydrogen-bond donors (Lipinski definition) is 2. The van der Waals surface area contributed by atoms with Crippen molar-refractivity contribution in [1.29, 1.82) is 0 Å². The van der Waals surface area contributed by atoms with E-state index in [0.29, 0.717) is 24.1 Å². The lowest BCUT2D eigenvalue weighted by Crippen LogP contribution is -2.35. The number of aromatic nitrogens is 3. The van der Waals surface area contributed by atoms with Gasteiger partial charge in [-0.25, -0.2) is 19.2 Å². The van der Waals surface area contributed by atoms with Crippen molar-refractivity contribution in [2.24, 2.45) is 17.6 Å². The standard InChI is InChI=1S/C20H18FN5O3S/c21-14-6-11-16(27)13(19(28)29)9-26(20-23-4-5-30-20)17(11)24-18(14)25-7-10-2-1-3-15(22)12(10)8-25/h1,3-6,9-10,12,15H,2,7-8,22H2,(H,28,29)/t10-,12+,15?/m0/s1. The monoisotopic (exact) mass is 427 g/mol. The van der Waals surface area contributed by atoms with E-state index < -0.39 is 22.8 Å². The molecule has 8 nitrogen and oxygen atoms in total. The maximum atomic E-state index is 15.1. The van der Waals surface area contributed by atoms with Crippen LogP contribution in [0.5, 0.6) is 0 Å². The van der Waals surface area contributed by atoms with Gasteiger partial charge in [0.15, 0.2) is 22.4 Å². The number of nitrogens with zero attached hydrogens (tertiary/aromatic N) is 4. The quantitative estimate of drug-likeness (QED) is 0.615. The second kappa shape index (κ2) is 6.99. The number of anilines is 1. The van der Waals surface area contributed by atoms with Gasteiger partial charge >= 0.3 is 5.97 Å². The highest BCUT2D eigenvalue weighted by atomic mass is 32.1. The summed E-state index contributed by atoms with van der Waals surface area (Å²) in [6.07, 6.45) is 7.70. The summed E-state index contributed by atoms with van der Waals surface area (Å²) in [5, 5.41) is 11.5. The minimum Gasteiger partial charge on any atom is -0.477 e. The van der Waals surface area contributed by atoms with E-state index in [4.69, 9.17) is 5.73 Å². The van der Waals surface area contributed by atoms with Crippen LogP contribution in [0.3, 0.4) is 0 Å². The lowest BCUT2D eigenvalue weighted by Gasteiger charge is -2.25. The first kappa shape index (κ1) is 18.9. The number of nitrogens with two attached hydrogens (primary N) is 1. The highest BCUT2D eigenvalue weighted by Crippen LogP contribution is 2.36. The maximum absolute atomic E-state index is 15.1. The van der Waals surface area contributed by atoms with E-state index in [-0.39, 0.29) is 28.8 Å². The number of allylic oxidation sites excluding steroid dienone is 1. The fourth-order valence-corrected chi connectivity index (χ4v) is 5.00. The van der Waals surface area contributed by atoms with Gasteiger partial charge < -0.3 is 15.7 Å². The topological polar surface area (TPSA) is 114 Å². The van der Waals surface area contributed by atoms with Gasteiger partial charge in [0, 0.05) is 36.9 Å². The molecular formula is C20H18FN5O3S. The van der Waals surface area contributed by atoms with E-state index >= 15 is 4.39 Å². The Kier molecular flexibility index (Phi) is 4.40. The molecule has 30 heavy (non-hydrogen) atoms. The Morgan fingerprint density at radius 2 is 2.20 bits per heavy atom. The first-order valence-electron chi connectivity index (χ1n) is 9.50. The second-order valence-corrected chi connectivity index (χ2v) is 8.47. The molecule has 3 atom stereocenters. The molecule has 3 aromatic rings. The van der Waals surface area contributed by atoms with Crippen molar-refractivity contribution in [3.05, 3.63) is 57.6 Å². The average molecular weight is 427 g/mol. The van der Waals surface area contributed by atoms with Crippen LogP contribution in [0.15, 0.2) is 40.8 Å². The van der Waals surface area contributed by atoms with Crippen molar-refractivity contribution in [2.75, 3.05) is 18.0 Å². The molecule has 10 heteroatoms. The fourth-order valence-electron chi connectivity index (χ4n) is 4.38. The number of fused-ring (bicyclic) bond motifs is 2. The van der Waals surface area contributed by atoms with E-state index in [2.05, 4.69) is 16.0 Å². The molecule has 1 aliphatic heterocycles. The van der Waals surface area contributed by atoms with Crippen LogP contribution in [0.4, 0.5) is 10.2 Å². The van der Waals surface area contributed by atoms with Crippen LogP contribution < -0.4 is 16.1 Å². The van der Waals surface area contributed by atoms with Gasteiger partial charge in [-0.1, -0.05) is 12.2 Å². The highest BCUT2D eigenvalue weighted by molar-refractivity contribution is 7.12. The zero-order chi connectivity index (χ0) is 21.0. The van der Waals surface area contributed by atoms with Gasteiger partial charge in [0.1, 0.15) is 5.56 Å². The summed E-state index contributed by atoms with van der Waals surface area (Å²) >= 11 is 1.26. The molecule has 0 spiro atoms. The predicted octanol–water partition coefficient (Wildman–Crippen LogP) is 2.02. The normalized spacial score (nSPS) is 23.1. The molecule has 3 N–H and O–H groups in total. The molecule has 1 unspecified atom stereocenters. The lowest BCUT2D eigenvalue weighted by atomic mass is 9.83. The van der Waals surface area contributed by atoms with E-state index in [1.54, 1.807) is 11.6 Å². The van der Waals surface area contributed by atoms with E-state index in [0.717, 1.165) is 12.5 Å². The Bertz CT molecular complexity index is 1240. The number of thiazole rings is 1. The van der Waals surface area contributed by atoms with Crippen molar-refractivity contribution >= 4 is 34.2 Å². The van der Waals surface area contributed by atoms with E-state index in [1.165, 1.54) is 22.1 Å². The first-order chi connectivity index (χ1) is 14.4. The molecule has 0 saturated carbocycles. The van der Waals surface area contributed by atoms with Crippen molar-refractivity contribution in [2.45, 2.75) is 12.5 Å². The Hall–Kier alpha value is -3.11. The Morgan fingerprint density at radius 1 is 1.37 bits per heavy atom. The smallest absolute Gasteiger partial charge is 0.341 e. The average Bonchev–Trinajstić information content (AvgIpc) is 3.38. The molecule has 5 rings (SSSR count). The highest BCUT2D eigenvalue weighted by Gasteiger charge is 2.38. The van der Waals surface area contributed by atoms with Gasteiger partial charge in [-0.15, -0.1) is 11.3 Å². The number of carboxylic acids is 1. The van der Waals surface area contributed by atoms with Crippen LogP contribution in [0.1, 0.15) is 16.8 Å². The third kappa shape index (κ3) is 2.91. The van der Waals surface area contributed by atoms with Gasteiger partial charge in [0.2, 0.25) is 5.43 Å². The van der Waals surface area contributed by atoms with Crippen LogP contribution in [0.2, 0.25) is 0 Å². The third-order valence-corrected chi connectivity index (χ3v) is 6.62. The van der Waals surface area contributed by atoms with E-state index in [1.807, 2.05) is 11.0 Å². The van der Waals surface area contributed by atoms with Gasteiger partial charge in [0.05, 0.1) is 5.39 Å². The van der Waals surface area contributed by atoms with Gasteiger partial charge in [-0.05, 0) is 24.3 Å². The largest absolute Gasteiger partial charge is 0.477 e. The summed E-state index contributed by atoms with van der Waals surface area (Å²) in [5.74, 6) is -1.38. The third-order valence-electron chi connectivity index (χ3n) is 5.85. The molecule has 3 aromatic heterocycles. The van der Waals surface area contributed by atoms with Crippen LogP contribution in [0, 0.1) is 17.7 Å². The Labute approximate surface area is 174 Å². The molecule has 0 aromatic carbocycles. The molecule has 0 radical (unpaired) electrons. The Morgan fingerprint density at radius 3 is 2.90 bits per heavy atom. The molecule has 1 aliphatic carbocycles. The zero-order valence-corrected chi connectivity index (χ0v) is 16.6. The summed E-state index contributed by atoms with van der Waals surface area (Å²) in [7, 11) is 0. The van der Waals surface area contributed by atoms with Crippen LogP contribution in [-0.4, -0.2) is 44.7 Å². The van der Waals surface area contributed by atoms with Gasteiger partial charge in [0.25, 0.3) is 0 Å². The molecule has 154 valence electrons. The zero-order valence-electron chi connectivity index (χ0n) is 15.7. The number of pyridine rings is 2. The number of rotatable bonds is 3. The predicted molar refractivity (Wildman–Crippen MR) is 111 cm³/mol. The number of aromatic carboxylic acids is 1. The minimum absolute atomic E-state index is 0.0797. The summed E-state index contributed by atoms with van der Waals surface area (Å²) in [6, 6.07) is 1.00. The van der Waals surface area contributed by atoms with Crippen LogP contribution in [0.25, 0.3) is 16.2 Å². The molecule has 4 heterocycles.